The number of aromatic nitrogens is 1. The van der Waals surface area contributed by atoms with E-state index in [2.05, 4.69) is 53.7 Å². The standard InChI is InChI=1S/C18H15N/c1-15-14-17-11-5-6-12-18(17)19(15)13-7-10-16-8-3-2-4-9-16/h2-6,8-9,11-12,14H,13H2,1H3. The van der Waals surface area contributed by atoms with E-state index in [1.54, 1.807) is 0 Å². The van der Waals surface area contributed by atoms with Gasteiger partial charge in [-0.3, -0.25) is 0 Å². The minimum absolute atomic E-state index is 0.730. The number of nitrogens with zero attached hydrogens (tertiary/aromatic N) is 1. The molecule has 0 aliphatic heterocycles. The van der Waals surface area contributed by atoms with Gasteiger partial charge in [0.05, 0.1) is 6.54 Å². The maximum absolute atomic E-state index is 3.25. The highest BCUT2D eigenvalue weighted by atomic mass is 15.0. The summed E-state index contributed by atoms with van der Waals surface area (Å²) in [4.78, 5) is 0. The van der Waals surface area contributed by atoms with Crippen LogP contribution in [0.4, 0.5) is 0 Å². The Morgan fingerprint density at radius 2 is 1.68 bits per heavy atom. The number of fused-ring (bicyclic) bond motifs is 1. The van der Waals surface area contributed by atoms with E-state index in [1.807, 2.05) is 30.3 Å². The van der Waals surface area contributed by atoms with Gasteiger partial charge in [0.2, 0.25) is 0 Å². The summed E-state index contributed by atoms with van der Waals surface area (Å²) in [5, 5.41) is 1.28. The van der Waals surface area contributed by atoms with Crippen molar-refractivity contribution in [1.29, 1.82) is 0 Å². The van der Waals surface area contributed by atoms with Crippen molar-refractivity contribution in [2.24, 2.45) is 0 Å². The van der Waals surface area contributed by atoms with Gasteiger partial charge >= 0.3 is 0 Å². The number of aryl methyl sites for hydroxylation is 1. The van der Waals surface area contributed by atoms with Crippen LogP contribution in [-0.2, 0) is 6.54 Å². The SMILES string of the molecule is Cc1cc2ccccc2n1CC#Cc1ccccc1. The molecule has 0 radical (unpaired) electrons. The van der Waals surface area contributed by atoms with Gasteiger partial charge < -0.3 is 4.57 Å². The lowest BCUT2D eigenvalue weighted by atomic mass is 10.2. The molecular formula is C18H15N. The minimum Gasteiger partial charge on any atom is -0.333 e. The number of hydrogen-bond donors (Lipinski definition) is 0. The first-order valence-corrected chi connectivity index (χ1v) is 6.43. The highest BCUT2D eigenvalue weighted by Crippen LogP contribution is 2.18. The topological polar surface area (TPSA) is 4.93 Å². The lowest BCUT2D eigenvalue weighted by molar-refractivity contribution is 0.847. The molecule has 0 amide bonds. The van der Waals surface area contributed by atoms with E-state index in [-0.39, 0.29) is 0 Å². The van der Waals surface area contributed by atoms with Crippen molar-refractivity contribution >= 4 is 10.9 Å². The minimum atomic E-state index is 0.730. The molecular weight excluding hydrogens is 230 g/mol. The zero-order valence-corrected chi connectivity index (χ0v) is 10.9. The van der Waals surface area contributed by atoms with Crippen LogP contribution in [0.15, 0.2) is 60.7 Å². The van der Waals surface area contributed by atoms with Gasteiger partial charge in [-0.15, -0.1) is 0 Å². The lowest BCUT2D eigenvalue weighted by Gasteiger charge is -2.02. The van der Waals surface area contributed by atoms with Crippen LogP contribution in [0.2, 0.25) is 0 Å². The van der Waals surface area contributed by atoms with Crippen molar-refractivity contribution < 1.29 is 0 Å². The first-order chi connectivity index (χ1) is 9.34. The predicted molar refractivity (Wildman–Crippen MR) is 80.0 cm³/mol. The summed E-state index contributed by atoms with van der Waals surface area (Å²) >= 11 is 0. The van der Waals surface area contributed by atoms with Gasteiger partial charge in [0.25, 0.3) is 0 Å². The van der Waals surface area contributed by atoms with E-state index in [0.29, 0.717) is 0 Å². The van der Waals surface area contributed by atoms with Crippen LogP contribution in [0, 0.1) is 18.8 Å². The molecule has 92 valence electrons. The maximum Gasteiger partial charge on any atom is 0.0843 e. The van der Waals surface area contributed by atoms with Crippen molar-refractivity contribution in [3.05, 3.63) is 71.9 Å². The Kier molecular flexibility index (Phi) is 3.08. The van der Waals surface area contributed by atoms with E-state index in [0.717, 1.165) is 12.1 Å². The molecule has 19 heavy (non-hydrogen) atoms. The Labute approximate surface area is 113 Å². The Balaban J connectivity index is 1.91. The molecule has 0 atom stereocenters. The molecule has 0 bridgehead atoms. The van der Waals surface area contributed by atoms with Crippen LogP contribution in [0.3, 0.4) is 0 Å². The van der Waals surface area contributed by atoms with Gasteiger partial charge in [0.15, 0.2) is 0 Å². The van der Waals surface area contributed by atoms with E-state index in [9.17, 15) is 0 Å². The molecule has 1 nitrogen and oxygen atoms in total. The lowest BCUT2D eigenvalue weighted by Crippen LogP contribution is -1.97. The Morgan fingerprint density at radius 1 is 0.947 bits per heavy atom. The first-order valence-electron chi connectivity index (χ1n) is 6.43. The predicted octanol–water partition coefficient (Wildman–Crippen LogP) is 4.00. The summed E-state index contributed by atoms with van der Waals surface area (Å²) in [6.45, 7) is 2.86. The quantitative estimate of drug-likeness (QED) is 0.571. The maximum atomic E-state index is 3.25. The third kappa shape index (κ3) is 2.39. The number of benzene rings is 2. The molecule has 0 unspecified atom stereocenters. The van der Waals surface area contributed by atoms with Crippen LogP contribution >= 0.6 is 0 Å². The third-order valence-corrected chi connectivity index (χ3v) is 3.26. The van der Waals surface area contributed by atoms with Gasteiger partial charge in [-0.25, -0.2) is 0 Å². The largest absolute Gasteiger partial charge is 0.333 e. The van der Waals surface area contributed by atoms with E-state index in [4.69, 9.17) is 0 Å². The zero-order valence-electron chi connectivity index (χ0n) is 10.9. The molecule has 0 aliphatic rings. The summed E-state index contributed by atoms with van der Waals surface area (Å²) in [6.07, 6.45) is 0. The molecule has 3 rings (SSSR count). The van der Waals surface area contributed by atoms with Crippen LogP contribution in [-0.4, -0.2) is 4.57 Å². The van der Waals surface area contributed by atoms with Gasteiger partial charge in [-0.2, -0.15) is 0 Å². The molecule has 1 heteroatoms. The monoisotopic (exact) mass is 245 g/mol. The Morgan fingerprint density at radius 3 is 2.53 bits per heavy atom. The summed E-state index contributed by atoms with van der Waals surface area (Å²) in [5.41, 5.74) is 3.57. The van der Waals surface area contributed by atoms with E-state index in [1.165, 1.54) is 16.6 Å². The molecule has 0 spiro atoms. The highest BCUT2D eigenvalue weighted by Gasteiger charge is 2.02. The fourth-order valence-electron chi connectivity index (χ4n) is 2.30. The van der Waals surface area contributed by atoms with Crippen molar-refractivity contribution in [2.75, 3.05) is 0 Å². The average Bonchev–Trinajstić information content (AvgIpc) is 2.76. The summed E-state index contributed by atoms with van der Waals surface area (Å²) in [6, 6.07) is 20.7. The molecule has 0 N–H and O–H groups in total. The van der Waals surface area contributed by atoms with Crippen molar-refractivity contribution in [1.82, 2.24) is 4.57 Å². The van der Waals surface area contributed by atoms with Crippen molar-refractivity contribution in [3.8, 4) is 11.8 Å². The Bertz CT molecular complexity index is 754. The van der Waals surface area contributed by atoms with E-state index >= 15 is 0 Å². The second-order valence-electron chi connectivity index (χ2n) is 4.60. The first kappa shape index (κ1) is 11.6. The van der Waals surface area contributed by atoms with Crippen molar-refractivity contribution in [2.45, 2.75) is 13.5 Å². The van der Waals surface area contributed by atoms with E-state index < -0.39 is 0 Å². The van der Waals surface area contributed by atoms with Gasteiger partial charge in [0, 0.05) is 16.8 Å². The van der Waals surface area contributed by atoms with Gasteiger partial charge in [0.1, 0.15) is 0 Å². The summed E-state index contributed by atoms with van der Waals surface area (Å²) in [7, 11) is 0. The molecule has 0 saturated heterocycles. The van der Waals surface area contributed by atoms with Gasteiger partial charge in [-0.05, 0) is 36.6 Å². The fourth-order valence-corrected chi connectivity index (χ4v) is 2.30. The number of rotatable bonds is 1. The zero-order chi connectivity index (χ0) is 13.1. The van der Waals surface area contributed by atoms with Crippen LogP contribution < -0.4 is 0 Å². The van der Waals surface area contributed by atoms with Crippen LogP contribution in [0.1, 0.15) is 11.3 Å². The fraction of sp³-hybridized carbons (Fsp3) is 0.111. The van der Waals surface area contributed by atoms with Crippen molar-refractivity contribution in [3.63, 3.8) is 0 Å². The molecule has 0 saturated carbocycles. The average molecular weight is 245 g/mol. The van der Waals surface area contributed by atoms with Crippen LogP contribution in [0.5, 0.6) is 0 Å². The number of para-hydroxylation sites is 1. The summed E-state index contributed by atoms with van der Waals surface area (Å²) in [5.74, 6) is 6.45. The Hall–Kier alpha value is -2.46. The highest BCUT2D eigenvalue weighted by molar-refractivity contribution is 5.81. The molecule has 0 aliphatic carbocycles. The second kappa shape index (κ2) is 5.04. The molecule has 2 aromatic carbocycles. The summed E-state index contributed by atoms with van der Waals surface area (Å²) < 4.78 is 2.26. The second-order valence-corrected chi connectivity index (χ2v) is 4.60. The normalized spacial score (nSPS) is 10.2. The van der Waals surface area contributed by atoms with Crippen LogP contribution in [0.25, 0.3) is 10.9 Å². The van der Waals surface area contributed by atoms with Gasteiger partial charge in [-0.1, -0.05) is 48.2 Å². The molecule has 0 fully saturated rings. The molecule has 3 aromatic rings. The smallest absolute Gasteiger partial charge is 0.0843 e. The number of hydrogen-bond acceptors (Lipinski definition) is 0. The molecule has 1 heterocycles. The molecule has 1 aromatic heterocycles. The third-order valence-electron chi connectivity index (χ3n) is 3.26.